The summed E-state index contributed by atoms with van der Waals surface area (Å²) in [6.07, 6.45) is 0. The van der Waals surface area contributed by atoms with E-state index in [0.717, 1.165) is 6.92 Å². The molecule has 0 atom stereocenters. The number of hydrogen-bond acceptors (Lipinski definition) is 2. The Hall–Kier alpha value is -1.50. The molecule has 0 unspecified atom stereocenters. The molecule has 0 fully saturated rings. The molecular formula is C6H8O4. The van der Waals surface area contributed by atoms with Gasteiger partial charge in [-0.2, -0.15) is 0 Å². The van der Waals surface area contributed by atoms with E-state index in [1.165, 1.54) is 6.92 Å². The first-order valence-electron chi connectivity index (χ1n) is 2.36. The molecule has 56 valence electrons. The van der Waals surface area contributed by atoms with Crippen LogP contribution in [-0.2, 0) is 9.59 Å². The van der Waals surface area contributed by atoms with Crippen LogP contribution in [0.5, 0.6) is 0 Å². The van der Waals surface area contributed by atoms with E-state index in [-0.39, 0.29) is 0 Å². The predicted octanol–water partition coefficient (Wildman–Crippen LogP) is 0.185. The molecule has 0 heterocycles. The van der Waals surface area contributed by atoms with E-state index < -0.39 is 11.9 Å². The molecule has 0 aliphatic heterocycles. The Balaban J connectivity index is 0. The fourth-order valence-electron chi connectivity index (χ4n) is 0.107. The van der Waals surface area contributed by atoms with Gasteiger partial charge in [0.1, 0.15) is 0 Å². The second kappa shape index (κ2) is 7.50. The predicted molar refractivity (Wildman–Crippen MR) is 34.4 cm³/mol. The van der Waals surface area contributed by atoms with Crippen molar-refractivity contribution in [2.45, 2.75) is 13.8 Å². The summed E-state index contributed by atoms with van der Waals surface area (Å²) in [6.45, 7) is 2.56. The maximum atomic E-state index is 9.43. The normalized spacial score (nSPS) is 5.80. The van der Waals surface area contributed by atoms with Gasteiger partial charge in [0.15, 0.2) is 0 Å². The smallest absolute Gasteiger partial charge is 0.381 e. The van der Waals surface area contributed by atoms with Gasteiger partial charge in [-0.05, 0) is 6.92 Å². The molecule has 0 spiro atoms. The molecular weight excluding hydrogens is 136 g/mol. The molecule has 0 aliphatic carbocycles. The van der Waals surface area contributed by atoms with Gasteiger partial charge in [-0.25, -0.2) is 4.79 Å². The van der Waals surface area contributed by atoms with Gasteiger partial charge in [0.05, 0.1) is 0 Å². The fraction of sp³-hybridized carbons (Fsp3) is 0.333. The Bertz CT molecular complexity index is 168. The highest BCUT2D eigenvalue weighted by atomic mass is 16.4. The number of carboxylic acids is 2. The third kappa shape index (κ3) is 87.4. The van der Waals surface area contributed by atoms with Crippen LogP contribution >= 0.6 is 0 Å². The molecule has 0 amide bonds. The zero-order valence-electron chi connectivity index (χ0n) is 5.71. The van der Waals surface area contributed by atoms with Crippen LogP contribution in [0.3, 0.4) is 0 Å². The average Bonchev–Trinajstić information content (AvgIpc) is 1.62. The standard InChI is InChI=1S/C4H4O2.C2H4O2/c1-2-3-4(5)6;1-2(3)4/h1H3,(H,5,6);1H3,(H,3,4). The van der Waals surface area contributed by atoms with Crippen LogP contribution in [0.15, 0.2) is 0 Å². The van der Waals surface area contributed by atoms with E-state index in [1.54, 1.807) is 0 Å². The van der Waals surface area contributed by atoms with Gasteiger partial charge in [-0.1, -0.05) is 5.92 Å². The van der Waals surface area contributed by atoms with Gasteiger partial charge >= 0.3 is 5.97 Å². The highest BCUT2D eigenvalue weighted by Gasteiger charge is 1.76. The lowest BCUT2D eigenvalue weighted by atomic mass is 10.6. The topological polar surface area (TPSA) is 74.6 Å². The maximum absolute atomic E-state index is 9.43. The van der Waals surface area contributed by atoms with Gasteiger partial charge < -0.3 is 10.2 Å². The summed E-state index contributed by atoms with van der Waals surface area (Å²) >= 11 is 0. The lowest BCUT2D eigenvalue weighted by molar-refractivity contribution is -0.134. The van der Waals surface area contributed by atoms with E-state index in [0.29, 0.717) is 0 Å². The van der Waals surface area contributed by atoms with Crippen LogP contribution in [0.1, 0.15) is 13.8 Å². The molecule has 4 heteroatoms. The zero-order valence-corrected chi connectivity index (χ0v) is 5.71. The van der Waals surface area contributed by atoms with Gasteiger partial charge in [0.2, 0.25) is 0 Å². The van der Waals surface area contributed by atoms with Crippen molar-refractivity contribution in [3.8, 4) is 11.8 Å². The van der Waals surface area contributed by atoms with E-state index in [2.05, 4.69) is 5.92 Å². The van der Waals surface area contributed by atoms with Crippen molar-refractivity contribution in [2.75, 3.05) is 0 Å². The summed E-state index contributed by atoms with van der Waals surface area (Å²) in [7, 11) is 0. The van der Waals surface area contributed by atoms with Crippen molar-refractivity contribution in [2.24, 2.45) is 0 Å². The average molecular weight is 144 g/mol. The van der Waals surface area contributed by atoms with Crippen LogP contribution in [0, 0.1) is 11.8 Å². The Morgan fingerprint density at radius 2 is 1.60 bits per heavy atom. The highest BCUT2D eigenvalue weighted by molar-refractivity contribution is 5.86. The van der Waals surface area contributed by atoms with Crippen LogP contribution < -0.4 is 0 Å². The zero-order chi connectivity index (χ0) is 8.57. The lowest BCUT2D eigenvalue weighted by Gasteiger charge is -1.63. The van der Waals surface area contributed by atoms with Crippen molar-refractivity contribution in [3.05, 3.63) is 0 Å². The van der Waals surface area contributed by atoms with Crippen LogP contribution in [-0.4, -0.2) is 22.2 Å². The molecule has 0 aromatic carbocycles. The summed E-state index contributed by atoms with van der Waals surface area (Å²) < 4.78 is 0. The number of rotatable bonds is 0. The molecule has 0 aliphatic rings. The summed E-state index contributed by atoms with van der Waals surface area (Å²) in [4.78, 5) is 18.4. The summed E-state index contributed by atoms with van der Waals surface area (Å²) in [5, 5.41) is 15.2. The third-order valence-corrected chi connectivity index (χ3v) is 0.232. The first kappa shape index (κ1) is 11.3. The lowest BCUT2D eigenvalue weighted by Crippen LogP contribution is -1.84. The second-order valence-electron chi connectivity index (χ2n) is 1.20. The summed E-state index contributed by atoms with van der Waals surface area (Å²) in [5.74, 6) is 2.19. The summed E-state index contributed by atoms with van der Waals surface area (Å²) in [5.41, 5.74) is 0. The summed E-state index contributed by atoms with van der Waals surface area (Å²) in [6, 6.07) is 0. The molecule has 0 rings (SSSR count). The third-order valence-electron chi connectivity index (χ3n) is 0.232. The number of carbonyl (C=O) groups is 2. The SMILES string of the molecule is CC#CC(=O)O.CC(=O)O. The quantitative estimate of drug-likeness (QED) is 0.476. The maximum Gasteiger partial charge on any atom is 0.381 e. The fourth-order valence-corrected chi connectivity index (χ4v) is 0.107. The monoisotopic (exact) mass is 144 g/mol. The first-order chi connectivity index (χ1) is 4.50. The number of hydrogen-bond donors (Lipinski definition) is 2. The molecule has 0 saturated heterocycles. The van der Waals surface area contributed by atoms with Gasteiger partial charge in [-0.3, -0.25) is 4.79 Å². The molecule has 0 aromatic heterocycles. The Morgan fingerprint density at radius 3 is 1.60 bits per heavy atom. The molecule has 0 radical (unpaired) electrons. The minimum Gasteiger partial charge on any atom is -0.481 e. The molecule has 0 saturated carbocycles. The Kier molecular flexibility index (Phi) is 8.49. The minimum atomic E-state index is -1.07. The van der Waals surface area contributed by atoms with Gasteiger partial charge in [0.25, 0.3) is 5.97 Å². The first-order valence-corrected chi connectivity index (χ1v) is 2.36. The van der Waals surface area contributed by atoms with E-state index in [9.17, 15) is 4.79 Å². The number of aliphatic carboxylic acids is 2. The molecule has 4 nitrogen and oxygen atoms in total. The van der Waals surface area contributed by atoms with Crippen LogP contribution in [0.4, 0.5) is 0 Å². The van der Waals surface area contributed by atoms with E-state index >= 15 is 0 Å². The van der Waals surface area contributed by atoms with Crippen molar-refractivity contribution >= 4 is 11.9 Å². The van der Waals surface area contributed by atoms with Gasteiger partial charge in [0, 0.05) is 12.8 Å². The molecule has 0 aromatic rings. The van der Waals surface area contributed by atoms with Crippen molar-refractivity contribution < 1.29 is 19.8 Å². The second-order valence-corrected chi connectivity index (χ2v) is 1.20. The highest BCUT2D eigenvalue weighted by Crippen LogP contribution is 1.51. The van der Waals surface area contributed by atoms with E-state index in [1.807, 2.05) is 5.92 Å². The van der Waals surface area contributed by atoms with Crippen molar-refractivity contribution in [1.82, 2.24) is 0 Å². The van der Waals surface area contributed by atoms with Crippen molar-refractivity contribution in [3.63, 3.8) is 0 Å². The van der Waals surface area contributed by atoms with Gasteiger partial charge in [-0.15, -0.1) is 0 Å². The number of carboxylic acid groups (broad SMARTS) is 2. The minimum absolute atomic E-state index is 0.833. The Labute approximate surface area is 58.5 Å². The van der Waals surface area contributed by atoms with Crippen LogP contribution in [0.25, 0.3) is 0 Å². The molecule has 10 heavy (non-hydrogen) atoms. The van der Waals surface area contributed by atoms with Crippen molar-refractivity contribution in [1.29, 1.82) is 0 Å². The Morgan fingerprint density at radius 1 is 1.30 bits per heavy atom. The van der Waals surface area contributed by atoms with Crippen LogP contribution in [0.2, 0.25) is 0 Å². The van der Waals surface area contributed by atoms with E-state index in [4.69, 9.17) is 15.0 Å². The largest absolute Gasteiger partial charge is 0.481 e. The molecule has 2 N–H and O–H groups in total. The molecule has 0 bridgehead atoms.